The van der Waals surface area contributed by atoms with Crippen molar-refractivity contribution in [1.82, 2.24) is 5.32 Å². The number of hydrogen-bond donors (Lipinski definition) is 1. The van der Waals surface area contributed by atoms with E-state index in [4.69, 9.17) is 11.6 Å². The van der Waals surface area contributed by atoms with E-state index < -0.39 is 0 Å². The van der Waals surface area contributed by atoms with Crippen LogP contribution in [0.3, 0.4) is 0 Å². The van der Waals surface area contributed by atoms with Crippen molar-refractivity contribution >= 4 is 22.9 Å². The van der Waals surface area contributed by atoms with Crippen LogP contribution in [0.5, 0.6) is 0 Å². The molecule has 2 heterocycles. The largest absolute Gasteiger partial charge is 0.308 e. The molecule has 3 heteroatoms. The number of nitrogens with one attached hydrogen (secondary N) is 1. The van der Waals surface area contributed by atoms with Gasteiger partial charge in [-0.25, -0.2) is 0 Å². The highest BCUT2D eigenvalue weighted by Gasteiger charge is 2.17. The Labute approximate surface area is 69.0 Å². The van der Waals surface area contributed by atoms with Gasteiger partial charge in [-0.2, -0.15) is 0 Å². The van der Waals surface area contributed by atoms with Gasteiger partial charge in [0.1, 0.15) is 0 Å². The average Bonchev–Trinajstić information content (AvgIpc) is 2.41. The smallest absolute Gasteiger partial charge is 0.0964 e. The van der Waals surface area contributed by atoms with Gasteiger partial charge in [-0.3, -0.25) is 0 Å². The van der Waals surface area contributed by atoms with Gasteiger partial charge < -0.3 is 5.32 Å². The molecular weight excluding hydrogens is 166 g/mol. The Morgan fingerprint density at radius 1 is 1.50 bits per heavy atom. The number of thiophene rings is 1. The molecule has 1 aromatic heterocycles. The van der Waals surface area contributed by atoms with Crippen LogP contribution in [0.2, 0.25) is 4.34 Å². The zero-order valence-corrected chi connectivity index (χ0v) is 7.27. The van der Waals surface area contributed by atoms with E-state index in [-0.39, 0.29) is 0 Å². The van der Waals surface area contributed by atoms with Crippen LogP contribution in [0, 0.1) is 6.92 Å². The topological polar surface area (TPSA) is 12.0 Å². The first-order chi connectivity index (χ1) is 4.79. The molecule has 0 unspecified atom stereocenters. The predicted octanol–water partition coefficient (Wildman–Crippen LogP) is 2.31. The molecule has 10 heavy (non-hydrogen) atoms. The van der Waals surface area contributed by atoms with Gasteiger partial charge in [-0.15, -0.1) is 11.3 Å². The molecule has 1 aliphatic rings. The van der Waals surface area contributed by atoms with Crippen molar-refractivity contribution in [2.24, 2.45) is 0 Å². The molecule has 1 nitrogen and oxygen atoms in total. The first kappa shape index (κ1) is 6.65. The minimum absolute atomic E-state index is 0.964. The van der Waals surface area contributed by atoms with Crippen molar-refractivity contribution in [1.29, 1.82) is 0 Å². The predicted molar refractivity (Wildman–Crippen MR) is 44.6 cm³/mol. The quantitative estimate of drug-likeness (QED) is 0.635. The van der Waals surface area contributed by atoms with Crippen LogP contribution in [-0.2, 0) is 13.1 Å². The van der Waals surface area contributed by atoms with Crippen molar-refractivity contribution < 1.29 is 0 Å². The highest BCUT2D eigenvalue weighted by Crippen LogP contribution is 2.34. The summed E-state index contributed by atoms with van der Waals surface area (Å²) < 4.78 is 0.964. The number of hydrogen-bond acceptors (Lipinski definition) is 2. The fraction of sp³-hybridized carbons (Fsp3) is 0.429. The summed E-state index contributed by atoms with van der Waals surface area (Å²) in [5, 5.41) is 3.29. The molecule has 0 aromatic carbocycles. The lowest BCUT2D eigenvalue weighted by molar-refractivity contribution is 0.765. The second-order valence-corrected chi connectivity index (χ2v) is 4.21. The molecule has 1 aromatic rings. The lowest BCUT2D eigenvalue weighted by Gasteiger charge is -1.91. The zero-order chi connectivity index (χ0) is 7.14. The van der Waals surface area contributed by atoms with E-state index in [9.17, 15) is 0 Å². The number of halogens is 1. The summed E-state index contributed by atoms with van der Waals surface area (Å²) in [5.41, 5.74) is 2.70. The minimum Gasteiger partial charge on any atom is -0.308 e. The van der Waals surface area contributed by atoms with Crippen molar-refractivity contribution in [3.63, 3.8) is 0 Å². The summed E-state index contributed by atoms with van der Waals surface area (Å²) in [5.74, 6) is 0. The SMILES string of the molecule is Cc1c(Cl)sc2c1CNC2. The zero-order valence-electron chi connectivity index (χ0n) is 5.70. The Hall–Kier alpha value is -0.0500. The summed E-state index contributed by atoms with van der Waals surface area (Å²) in [6.07, 6.45) is 0. The van der Waals surface area contributed by atoms with Crippen LogP contribution in [-0.4, -0.2) is 0 Å². The summed E-state index contributed by atoms with van der Waals surface area (Å²) in [6, 6.07) is 0. The minimum atomic E-state index is 0.964. The molecule has 0 spiro atoms. The molecule has 54 valence electrons. The molecule has 0 radical (unpaired) electrons. The van der Waals surface area contributed by atoms with Crippen LogP contribution >= 0.6 is 22.9 Å². The van der Waals surface area contributed by atoms with Gasteiger partial charge in [0, 0.05) is 18.0 Å². The maximum Gasteiger partial charge on any atom is 0.0964 e. The Kier molecular flexibility index (Phi) is 1.48. The summed E-state index contributed by atoms with van der Waals surface area (Å²) >= 11 is 7.64. The third-order valence-electron chi connectivity index (χ3n) is 1.88. The fourth-order valence-corrected chi connectivity index (χ4v) is 2.66. The van der Waals surface area contributed by atoms with Gasteiger partial charge in [0.15, 0.2) is 0 Å². The van der Waals surface area contributed by atoms with Gasteiger partial charge in [-0.1, -0.05) is 11.6 Å². The summed E-state index contributed by atoms with van der Waals surface area (Å²) in [6.45, 7) is 4.10. The second-order valence-electron chi connectivity index (χ2n) is 2.51. The van der Waals surface area contributed by atoms with E-state index in [0.29, 0.717) is 0 Å². The molecule has 2 rings (SSSR count). The van der Waals surface area contributed by atoms with E-state index in [1.54, 1.807) is 11.3 Å². The third-order valence-corrected chi connectivity index (χ3v) is 3.52. The van der Waals surface area contributed by atoms with E-state index in [0.717, 1.165) is 17.4 Å². The van der Waals surface area contributed by atoms with Gasteiger partial charge in [0.05, 0.1) is 4.34 Å². The number of rotatable bonds is 0. The van der Waals surface area contributed by atoms with Crippen molar-refractivity contribution in [2.75, 3.05) is 0 Å². The Balaban J connectivity index is 2.59. The first-order valence-electron chi connectivity index (χ1n) is 3.26. The lowest BCUT2D eigenvalue weighted by atomic mass is 10.2. The van der Waals surface area contributed by atoms with Gasteiger partial charge >= 0.3 is 0 Å². The van der Waals surface area contributed by atoms with Crippen molar-refractivity contribution in [3.8, 4) is 0 Å². The molecule has 0 saturated heterocycles. The Morgan fingerprint density at radius 2 is 2.30 bits per heavy atom. The molecule has 0 fully saturated rings. The van der Waals surface area contributed by atoms with Gasteiger partial charge in [-0.05, 0) is 18.1 Å². The molecule has 1 aliphatic heterocycles. The number of fused-ring (bicyclic) bond motifs is 1. The lowest BCUT2D eigenvalue weighted by Crippen LogP contribution is -2.01. The van der Waals surface area contributed by atoms with Crippen LogP contribution < -0.4 is 5.32 Å². The highest BCUT2D eigenvalue weighted by molar-refractivity contribution is 7.16. The maximum absolute atomic E-state index is 5.94. The van der Waals surface area contributed by atoms with Crippen LogP contribution in [0.25, 0.3) is 0 Å². The van der Waals surface area contributed by atoms with Crippen LogP contribution in [0.15, 0.2) is 0 Å². The van der Waals surface area contributed by atoms with Crippen molar-refractivity contribution in [3.05, 3.63) is 20.3 Å². The van der Waals surface area contributed by atoms with E-state index in [1.165, 1.54) is 16.0 Å². The summed E-state index contributed by atoms with van der Waals surface area (Å²) in [4.78, 5) is 1.42. The van der Waals surface area contributed by atoms with Gasteiger partial charge in [0.2, 0.25) is 0 Å². The van der Waals surface area contributed by atoms with Crippen molar-refractivity contribution in [2.45, 2.75) is 20.0 Å². The average molecular weight is 174 g/mol. The molecule has 0 amide bonds. The standard InChI is InChI=1S/C7H8ClNS/c1-4-5-2-9-3-6(5)10-7(4)8/h9H,2-3H2,1H3. The normalized spacial score (nSPS) is 15.8. The van der Waals surface area contributed by atoms with Gasteiger partial charge in [0.25, 0.3) is 0 Å². The van der Waals surface area contributed by atoms with E-state index in [2.05, 4.69) is 12.2 Å². The highest BCUT2D eigenvalue weighted by atomic mass is 35.5. The first-order valence-corrected chi connectivity index (χ1v) is 4.46. The second kappa shape index (κ2) is 2.22. The van der Waals surface area contributed by atoms with E-state index in [1.807, 2.05) is 0 Å². The maximum atomic E-state index is 5.94. The fourth-order valence-electron chi connectivity index (χ4n) is 1.25. The molecule has 1 N–H and O–H groups in total. The molecule has 0 atom stereocenters. The van der Waals surface area contributed by atoms with E-state index >= 15 is 0 Å². The Bertz CT molecular complexity index is 267. The van der Waals surface area contributed by atoms with Crippen LogP contribution in [0.1, 0.15) is 16.0 Å². The third kappa shape index (κ3) is 0.797. The summed E-state index contributed by atoms with van der Waals surface area (Å²) in [7, 11) is 0. The monoisotopic (exact) mass is 173 g/mol. The van der Waals surface area contributed by atoms with Crippen LogP contribution in [0.4, 0.5) is 0 Å². The molecule has 0 saturated carbocycles. The Morgan fingerprint density at radius 3 is 3.00 bits per heavy atom. The molecule has 0 aliphatic carbocycles. The molecule has 0 bridgehead atoms. The molecular formula is C7H8ClNS.